The Bertz CT molecular complexity index is 4040. The molecule has 0 aliphatic carbocycles. The van der Waals surface area contributed by atoms with Crippen molar-refractivity contribution in [1.29, 1.82) is 0 Å². The van der Waals surface area contributed by atoms with Gasteiger partial charge in [0.2, 0.25) is 0 Å². The van der Waals surface area contributed by atoms with Crippen LogP contribution in [0.4, 0.5) is 47.3 Å². The summed E-state index contributed by atoms with van der Waals surface area (Å²) in [5, 5.41) is 0. The average Bonchev–Trinajstić information content (AvgIpc) is 0.797. The van der Waals surface area contributed by atoms with E-state index >= 15 is 0 Å². The summed E-state index contributed by atoms with van der Waals surface area (Å²) in [7, 11) is -2.85. The van der Waals surface area contributed by atoms with E-state index in [1.807, 2.05) is 137 Å². The minimum atomic E-state index is -4.41. The molecule has 534 valence electrons. The van der Waals surface area contributed by atoms with Gasteiger partial charge in [-0.25, -0.2) is 0 Å². The molecule has 0 radical (unpaired) electrons. The minimum absolute atomic E-state index is 0. The number of anilines is 6. The number of ether oxygens (including phenoxy) is 1. The summed E-state index contributed by atoms with van der Waals surface area (Å²) < 4.78 is 50.9. The third kappa shape index (κ3) is 28.7. The van der Waals surface area contributed by atoms with Gasteiger partial charge in [-0.2, -0.15) is 13.2 Å². The van der Waals surface area contributed by atoms with Gasteiger partial charge in [0, 0.05) is 40.3 Å². The van der Waals surface area contributed by atoms with E-state index in [0.29, 0.717) is 5.56 Å². The molecule has 0 unspecified atom stereocenters. The zero-order valence-electron chi connectivity index (χ0n) is 61.6. The van der Waals surface area contributed by atoms with Crippen molar-refractivity contribution in [2.24, 2.45) is 5.73 Å². The maximum atomic E-state index is 13.1. The van der Waals surface area contributed by atoms with Crippen LogP contribution < -0.4 is 44.9 Å². The molecular weight excluding hydrogens is 1290 g/mol. The van der Waals surface area contributed by atoms with E-state index in [1.54, 1.807) is 19.1 Å². The van der Waals surface area contributed by atoms with Crippen LogP contribution >= 0.6 is 0 Å². The third-order valence-electron chi connectivity index (χ3n) is 16.7. The molecule has 0 aliphatic rings. The van der Waals surface area contributed by atoms with E-state index in [4.69, 9.17) is 49.0 Å². The van der Waals surface area contributed by atoms with Gasteiger partial charge in [-0.3, -0.25) is 0 Å². The monoisotopic (exact) mass is 1400 g/mol. The summed E-state index contributed by atoms with van der Waals surface area (Å²) in [5.74, 6) is 1.64. The quantitative estimate of drug-likeness (QED) is 0.0486. The summed E-state index contributed by atoms with van der Waals surface area (Å²) in [5.41, 5.74) is 64.5. The van der Waals surface area contributed by atoms with Gasteiger partial charge >= 0.3 is 6.18 Å². The first-order valence-corrected chi connectivity index (χ1v) is 39.9. The Morgan fingerprint density at radius 3 is 1.10 bits per heavy atom. The van der Waals surface area contributed by atoms with E-state index in [1.165, 1.54) is 96.1 Å². The second kappa shape index (κ2) is 39.2. The molecule has 0 fully saturated rings. The molecule has 0 saturated heterocycles. The maximum Gasteiger partial charge on any atom is 0.417 e. The van der Waals surface area contributed by atoms with E-state index in [-0.39, 0.29) is 18.7 Å². The lowest BCUT2D eigenvalue weighted by Crippen LogP contribution is -2.49. The SMILES string of the molecule is C.CC[Si](C)(C)O[Si](C)(C)CN.Cc1ccc(-c2ccc(N)c(C)c2)cc1C.Cc1ccc(-c2ccc(N)cc2C(F)(F)F)c(C)c1.Cc1ccc(-c2ccc(N)cc2C)c(C)c1.Cc1ccc(Cc2ccc(N)cc2)cc1.Cc1ccc(N)cc1.Cc1ccc(Oc2ccc(N)cc2)cc1. The number of aryl methyl sites for hydroxylation is 11. The van der Waals surface area contributed by atoms with Gasteiger partial charge in [0.1, 0.15) is 11.5 Å². The first-order valence-electron chi connectivity index (χ1n) is 33.7. The summed E-state index contributed by atoms with van der Waals surface area (Å²) in [6, 6.07) is 75.6. The lowest BCUT2D eigenvalue weighted by Gasteiger charge is -2.32. The predicted molar refractivity (Wildman–Crippen MR) is 437 cm³/mol. The molecule has 0 saturated carbocycles. The van der Waals surface area contributed by atoms with Gasteiger partial charge in [-0.05, 0) is 290 Å². The van der Waals surface area contributed by atoms with Crippen molar-refractivity contribution in [3.05, 3.63) is 308 Å². The Morgan fingerprint density at radius 2 is 0.683 bits per heavy atom. The number of alkyl halides is 3. The molecule has 0 spiro atoms. The summed E-state index contributed by atoms with van der Waals surface area (Å²) >= 11 is 0. The minimum Gasteiger partial charge on any atom is -0.457 e. The van der Waals surface area contributed by atoms with E-state index in [2.05, 4.69) is 166 Å². The number of nitrogen functional groups attached to an aromatic ring is 6. The normalized spacial score (nSPS) is 10.7. The van der Waals surface area contributed by atoms with Gasteiger partial charge < -0.3 is 49.0 Å². The molecule has 0 atom stereocenters. The molecule has 11 aromatic rings. The average molecular weight is 1400 g/mol. The Balaban J connectivity index is 0.000000252. The topological polar surface area (TPSA) is 201 Å². The number of hydrogen-bond acceptors (Lipinski definition) is 9. The van der Waals surface area contributed by atoms with Crippen molar-refractivity contribution in [3.8, 4) is 44.9 Å². The highest BCUT2D eigenvalue weighted by atomic mass is 28.4. The van der Waals surface area contributed by atoms with Gasteiger partial charge in [-0.15, -0.1) is 0 Å². The Labute approximate surface area is 604 Å². The van der Waals surface area contributed by atoms with Crippen LogP contribution in [0.3, 0.4) is 0 Å². The van der Waals surface area contributed by atoms with Crippen LogP contribution in [-0.2, 0) is 16.7 Å². The highest BCUT2D eigenvalue weighted by Crippen LogP contribution is 2.40. The maximum absolute atomic E-state index is 13.1. The molecule has 11 aromatic carbocycles. The van der Waals surface area contributed by atoms with Crippen LogP contribution in [-0.4, -0.2) is 22.8 Å². The van der Waals surface area contributed by atoms with Gasteiger partial charge in [0.05, 0.1) is 5.56 Å². The molecule has 0 heterocycles. The fourth-order valence-electron chi connectivity index (χ4n) is 10.3. The van der Waals surface area contributed by atoms with Crippen LogP contribution in [0, 0.1) is 76.2 Å². The zero-order valence-corrected chi connectivity index (χ0v) is 63.6. The van der Waals surface area contributed by atoms with Crippen molar-refractivity contribution in [2.75, 3.05) is 40.6 Å². The largest absolute Gasteiger partial charge is 0.457 e. The van der Waals surface area contributed by atoms with Gasteiger partial charge in [0.15, 0.2) is 16.6 Å². The smallest absolute Gasteiger partial charge is 0.417 e. The van der Waals surface area contributed by atoms with E-state index in [0.717, 1.165) is 75.3 Å². The van der Waals surface area contributed by atoms with E-state index < -0.39 is 28.4 Å². The molecule has 0 aliphatic heterocycles. The third-order valence-corrected chi connectivity index (χ3v) is 23.8. The molecule has 0 amide bonds. The first kappa shape index (κ1) is 83.6. The summed E-state index contributed by atoms with van der Waals surface area (Å²) in [4.78, 5) is 0. The second-order valence-corrected chi connectivity index (χ2v) is 35.8. The molecular formula is C87H110F3N7O2Si2. The zero-order chi connectivity index (χ0) is 74.1. The Hall–Kier alpha value is -9.84. The Kier molecular flexibility index (Phi) is 32.5. The number of halogens is 3. The van der Waals surface area contributed by atoms with Crippen LogP contribution in [0.5, 0.6) is 11.5 Å². The van der Waals surface area contributed by atoms with Gasteiger partial charge in [0.25, 0.3) is 0 Å². The lowest BCUT2D eigenvalue weighted by molar-refractivity contribution is -0.137. The van der Waals surface area contributed by atoms with Crippen molar-refractivity contribution >= 4 is 50.8 Å². The molecule has 0 bridgehead atoms. The predicted octanol–water partition coefficient (Wildman–Crippen LogP) is 23.0. The second-order valence-electron chi connectivity index (χ2n) is 26.9. The van der Waals surface area contributed by atoms with Crippen LogP contribution in [0.15, 0.2) is 231 Å². The lowest BCUT2D eigenvalue weighted by atomic mass is 9.94. The fourth-order valence-corrected chi connectivity index (χ4v) is 17.2. The van der Waals surface area contributed by atoms with Crippen molar-refractivity contribution in [3.63, 3.8) is 0 Å². The van der Waals surface area contributed by atoms with Crippen molar-refractivity contribution in [1.82, 2.24) is 0 Å². The first-order chi connectivity index (χ1) is 47.0. The van der Waals surface area contributed by atoms with Crippen LogP contribution in [0.25, 0.3) is 33.4 Å². The molecule has 11 rings (SSSR count). The molecule has 0 aromatic heterocycles. The molecule has 101 heavy (non-hydrogen) atoms. The number of benzene rings is 11. The molecule has 9 nitrogen and oxygen atoms in total. The highest BCUT2D eigenvalue weighted by molar-refractivity contribution is 6.84. The highest BCUT2D eigenvalue weighted by Gasteiger charge is 2.34. The number of nitrogens with two attached hydrogens (primary N) is 7. The Morgan fingerprint density at radius 1 is 0.337 bits per heavy atom. The summed E-state index contributed by atoms with van der Waals surface area (Å²) in [6.07, 6.45) is -2.70. The van der Waals surface area contributed by atoms with Crippen LogP contribution in [0.1, 0.15) is 92.2 Å². The summed E-state index contributed by atoms with van der Waals surface area (Å²) in [6.45, 7) is 33.7. The van der Waals surface area contributed by atoms with E-state index in [9.17, 15) is 13.2 Å². The standard InChI is InChI=1S/C15H14F3N.2C15H17N.C14H15N.C13H13NO.C7H21NOSi2.C7H9N.CH4/c1-9-3-5-12(10(2)7-9)13-6-4-11(19)8-14(13)15(16,17)18;1-10-4-6-14(11(2)8-10)15-7-5-13(16)9-12(15)3;1-10-4-5-13(8-11(10)2)14-6-7-15(16)12(3)9-14;1-11-2-4-12(5-3-11)10-13-6-8-14(15)9-7-13;1-10-2-6-12(7-3-10)15-13-8-4-11(14)5-9-13;1-6-10(2,3)9-11(4,5)7-8;1-6-2-4-7(8)5-3-6;/h3-8H,19H2,1-2H3;2*4-9H,16H2,1-3H3;2-9H,10,15H2,1H3;2-9H,14H2,1H3;6-8H2,1-5H3;2-5H,8H2,1H3;1H4. The van der Waals surface area contributed by atoms with Crippen molar-refractivity contribution < 1.29 is 22.0 Å². The molecule has 14 N–H and O–H groups in total. The van der Waals surface area contributed by atoms with Crippen molar-refractivity contribution in [2.45, 2.75) is 135 Å². The fraction of sp³-hybridized carbons (Fsp3) is 0.241. The van der Waals surface area contributed by atoms with Gasteiger partial charge in [-0.1, -0.05) is 176 Å². The number of rotatable bonds is 11. The number of hydrogen-bond donors (Lipinski definition) is 7. The van der Waals surface area contributed by atoms with Crippen LogP contribution in [0.2, 0.25) is 32.2 Å². The molecule has 14 heteroatoms.